The molecule has 6 nitrogen and oxygen atoms in total. The number of benzene rings is 2. The third-order valence-electron chi connectivity index (χ3n) is 3.67. The minimum absolute atomic E-state index is 0.0586. The van der Waals surface area contributed by atoms with Gasteiger partial charge in [0.05, 0.1) is 18.1 Å². The zero-order valence-electron chi connectivity index (χ0n) is 14.7. The third-order valence-corrected chi connectivity index (χ3v) is 3.67. The normalized spacial score (nSPS) is 10.0. The summed E-state index contributed by atoms with van der Waals surface area (Å²) in [5, 5.41) is 18.3. The van der Waals surface area contributed by atoms with Crippen molar-refractivity contribution in [1.82, 2.24) is 0 Å². The van der Waals surface area contributed by atoms with Crippen LogP contribution in [0.3, 0.4) is 0 Å². The van der Waals surface area contributed by atoms with Gasteiger partial charge in [0.25, 0.3) is 5.91 Å². The van der Waals surface area contributed by atoms with E-state index in [-0.39, 0.29) is 24.3 Å². The Morgan fingerprint density at radius 3 is 2.46 bits per heavy atom. The Hall–Kier alpha value is -3.33. The summed E-state index contributed by atoms with van der Waals surface area (Å²) >= 11 is 0. The van der Waals surface area contributed by atoms with Crippen molar-refractivity contribution >= 4 is 17.6 Å². The van der Waals surface area contributed by atoms with E-state index in [4.69, 9.17) is 10.00 Å². The van der Waals surface area contributed by atoms with Crippen molar-refractivity contribution in [3.8, 4) is 11.8 Å². The molecule has 0 spiro atoms. The monoisotopic (exact) mass is 352 g/mol. The molecule has 0 unspecified atom stereocenters. The van der Waals surface area contributed by atoms with Gasteiger partial charge in [-0.2, -0.15) is 5.26 Å². The zero-order chi connectivity index (χ0) is 19.1. The van der Waals surface area contributed by atoms with Gasteiger partial charge >= 0.3 is 5.97 Å². The van der Waals surface area contributed by atoms with Crippen LogP contribution in [0.15, 0.2) is 42.5 Å². The summed E-state index contributed by atoms with van der Waals surface area (Å²) in [6.07, 6.45) is 0.166. The Bertz CT molecular complexity index is 835. The largest absolute Gasteiger partial charge is 0.508 e. The van der Waals surface area contributed by atoms with E-state index in [9.17, 15) is 14.7 Å². The van der Waals surface area contributed by atoms with Crippen LogP contribution in [0.25, 0.3) is 0 Å². The highest BCUT2D eigenvalue weighted by Crippen LogP contribution is 2.20. The summed E-state index contributed by atoms with van der Waals surface area (Å²) in [5.41, 5.74) is 2.81. The van der Waals surface area contributed by atoms with Crippen LogP contribution in [0.5, 0.6) is 5.75 Å². The lowest BCUT2D eigenvalue weighted by Crippen LogP contribution is -2.35. The molecule has 1 N–H and O–H groups in total. The fraction of sp³-hybridized carbons (Fsp3) is 0.250. The van der Waals surface area contributed by atoms with Crippen molar-refractivity contribution in [3.05, 3.63) is 59.2 Å². The average molecular weight is 352 g/mol. The van der Waals surface area contributed by atoms with Crippen LogP contribution in [0.2, 0.25) is 0 Å². The second kappa shape index (κ2) is 8.67. The standard InChI is InChI=1S/C20H20N2O4/c1-14-9-15(2)11-17(10-14)22(8-4-7-21)19(24)13-26-20(25)16-5-3-6-18(23)12-16/h3,5-6,9-12,23H,4,8,13H2,1-2H3. The molecule has 0 fully saturated rings. The van der Waals surface area contributed by atoms with Crippen LogP contribution < -0.4 is 4.90 Å². The number of nitrogens with zero attached hydrogens (tertiary/aromatic N) is 2. The number of aryl methyl sites for hydroxylation is 2. The van der Waals surface area contributed by atoms with Gasteiger partial charge in [0.1, 0.15) is 5.75 Å². The molecule has 6 heteroatoms. The Balaban J connectivity index is 2.11. The van der Waals surface area contributed by atoms with E-state index >= 15 is 0 Å². The van der Waals surface area contributed by atoms with Crippen molar-refractivity contribution in [2.24, 2.45) is 0 Å². The van der Waals surface area contributed by atoms with Crippen molar-refractivity contribution in [2.75, 3.05) is 18.1 Å². The van der Waals surface area contributed by atoms with Gasteiger partial charge in [-0.05, 0) is 55.3 Å². The molecule has 0 radical (unpaired) electrons. The van der Waals surface area contributed by atoms with E-state index in [1.54, 1.807) is 0 Å². The highest BCUT2D eigenvalue weighted by atomic mass is 16.5. The average Bonchev–Trinajstić information content (AvgIpc) is 2.59. The van der Waals surface area contributed by atoms with Crippen LogP contribution in [0.1, 0.15) is 27.9 Å². The molecule has 2 rings (SSSR count). The van der Waals surface area contributed by atoms with Gasteiger partial charge in [-0.25, -0.2) is 4.79 Å². The molecule has 0 saturated heterocycles. The van der Waals surface area contributed by atoms with Crippen molar-refractivity contribution < 1.29 is 19.4 Å². The Kier molecular flexibility index (Phi) is 6.34. The van der Waals surface area contributed by atoms with Crippen LogP contribution in [-0.4, -0.2) is 30.1 Å². The molecule has 0 aliphatic rings. The van der Waals surface area contributed by atoms with Crippen molar-refractivity contribution in [2.45, 2.75) is 20.3 Å². The Labute approximate surface area is 152 Å². The van der Waals surface area contributed by atoms with Gasteiger partial charge in [0, 0.05) is 12.2 Å². The minimum atomic E-state index is -0.699. The molecular weight excluding hydrogens is 332 g/mol. The van der Waals surface area contributed by atoms with E-state index in [1.807, 2.05) is 38.1 Å². The molecule has 0 heterocycles. The number of amides is 1. The third kappa shape index (κ3) is 5.08. The highest BCUT2D eigenvalue weighted by Gasteiger charge is 2.19. The van der Waals surface area contributed by atoms with E-state index in [0.29, 0.717) is 5.69 Å². The number of carbonyl (C=O) groups is 2. The SMILES string of the molecule is Cc1cc(C)cc(N(CCC#N)C(=O)COC(=O)c2cccc(O)c2)c1. The zero-order valence-corrected chi connectivity index (χ0v) is 14.7. The Morgan fingerprint density at radius 2 is 1.85 bits per heavy atom. The van der Waals surface area contributed by atoms with Crippen LogP contribution in [-0.2, 0) is 9.53 Å². The number of ether oxygens (including phenoxy) is 1. The predicted molar refractivity (Wildman–Crippen MR) is 96.9 cm³/mol. The molecule has 1 amide bonds. The molecule has 0 aliphatic heterocycles. The maximum absolute atomic E-state index is 12.6. The number of esters is 1. The van der Waals surface area contributed by atoms with Crippen molar-refractivity contribution in [3.63, 3.8) is 0 Å². The summed E-state index contributed by atoms with van der Waals surface area (Å²) < 4.78 is 5.06. The molecule has 0 bridgehead atoms. The fourth-order valence-corrected chi connectivity index (χ4v) is 2.59. The molecule has 134 valence electrons. The first kappa shape index (κ1) is 19.0. The van der Waals surface area contributed by atoms with E-state index in [2.05, 4.69) is 0 Å². The highest BCUT2D eigenvalue weighted by molar-refractivity contribution is 5.97. The molecule has 0 saturated carbocycles. The second-order valence-electron chi connectivity index (χ2n) is 5.93. The molecular formula is C20H20N2O4. The lowest BCUT2D eigenvalue weighted by atomic mass is 10.1. The molecule has 2 aromatic carbocycles. The van der Waals surface area contributed by atoms with E-state index in [0.717, 1.165) is 11.1 Å². The quantitative estimate of drug-likeness (QED) is 0.807. The first-order valence-corrected chi connectivity index (χ1v) is 8.12. The van der Waals surface area contributed by atoms with Crippen LogP contribution in [0, 0.1) is 25.2 Å². The smallest absolute Gasteiger partial charge is 0.338 e. The lowest BCUT2D eigenvalue weighted by Gasteiger charge is -2.22. The van der Waals surface area contributed by atoms with Gasteiger partial charge in [-0.15, -0.1) is 0 Å². The number of phenolic OH excluding ortho intramolecular Hbond substituents is 1. The number of hydrogen-bond donors (Lipinski definition) is 1. The molecule has 26 heavy (non-hydrogen) atoms. The number of anilines is 1. The lowest BCUT2D eigenvalue weighted by molar-refractivity contribution is -0.121. The molecule has 0 aliphatic carbocycles. The number of hydrogen-bond acceptors (Lipinski definition) is 5. The first-order chi connectivity index (χ1) is 12.4. The minimum Gasteiger partial charge on any atom is -0.508 e. The summed E-state index contributed by atoms with van der Waals surface area (Å²) in [4.78, 5) is 26.0. The molecule has 0 aromatic heterocycles. The number of nitriles is 1. The summed E-state index contributed by atoms with van der Waals surface area (Å²) in [7, 11) is 0. The van der Waals surface area contributed by atoms with Gasteiger partial charge in [0.15, 0.2) is 6.61 Å². The number of carbonyl (C=O) groups excluding carboxylic acids is 2. The van der Waals surface area contributed by atoms with E-state index in [1.165, 1.54) is 29.2 Å². The molecule has 2 aromatic rings. The van der Waals surface area contributed by atoms with E-state index < -0.39 is 18.5 Å². The fourth-order valence-electron chi connectivity index (χ4n) is 2.59. The second-order valence-corrected chi connectivity index (χ2v) is 5.93. The summed E-state index contributed by atoms with van der Waals surface area (Å²) in [5.74, 6) is -1.18. The van der Waals surface area contributed by atoms with Gasteiger partial charge < -0.3 is 14.7 Å². The molecule has 0 atom stereocenters. The van der Waals surface area contributed by atoms with Crippen LogP contribution in [0.4, 0.5) is 5.69 Å². The maximum atomic E-state index is 12.6. The Morgan fingerprint density at radius 1 is 1.15 bits per heavy atom. The van der Waals surface area contributed by atoms with Gasteiger partial charge in [-0.1, -0.05) is 12.1 Å². The summed E-state index contributed by atoms with van der Waals surface area (Å²) in [6, 6.07) is 13.4. The topological polar surface area (TPSA) is 90.6 Å². The van der Waals surface area contributed by atoms with Crippen LogP contribution >= 0.6 is 0 Å². The van der Waals surface area contributed by atoms with Gasteiger partial charge in [-0.3, -0.25) is 4.79 Å². The first-order valence-electron chi connectivity index (χ1n) is 8.12. The van der Waals surface area contributed by atoms with Gasteiger partial charge in [0.2, 0.25) is 0 Å². The number of aromatic hydroxyl groups is 1. The number of phenols is 1. The summed E-state index contributed by atoms with van der Waals surface area (Å²) in [6.45, 7) is 3.60. The maximum Gasteiger partial charge on any atom is 0.338 e. The predicted octanol–water partition coefficient (Wildman–Crippen LogP) is 3.11. The van der Waals surface area contributed by atoms with Crippen molar-refractivity contribution in [1.29, 1.82) is 5.26 Å². The number of rotatable bonds is 6.